The molecule has 14 heavy (non-hydrogen) atoms. The van der Waals surface area contributed by atoms with Gasteiger partial charge >= 0.3 is 0 Å². The van der Waals surface area contributed by atoms with Crippen molar-refractivity contribution in [2.24, 2.45) is 5.92 Å². The van der Waals surface area contributed by atoms with Crippen molar-refractivity contribution in [3.05, 3.63) is 23.4 Å². The molecule has 0 amide bonds. The minimum atomic E-state index is 0.621. The summed E-state index contributed by atoms with van der Waals surface area (Å²) in [6.07, 6.45) is 7.03. The summed E-state index contributed by atoms with van der Waals surface area (Å²) in [6, 6.07) is 0. The van der Waals surface area contributed by atoms with Gasteiger partial charge in [-0.2, -0.15) is 0 Å². The highest BCUT2D eigenvalue weighted by atomic mass is 14.9. The van der Waals surface area contributed by atoms with Crippen LogP contribution >= 0.6 is 0 Å². The lowest BCUT2D eigenvalue weighted by Crippen LogP contribution is -2.10. The molecule has 0 saturated carbocycles. The van der Waals surface area contributed by atoms with E-state index < -0.39 is 0 Å². The summed E-state index contributed by atoms with van der Waals surface area (Å²) >= 11 is 0. The Hall–Kier alpha value is -0.720. The quantitative estimate of drug-likeness (QED) is 0.634. The molecule has 1 N–H and O–H groups in total. The van der Waals surface area contributed by atoms with Crippen LogP contribution in [-0.4, -0.2) is 6.54 Å². The fourth-order valence-corrected chi connectivity index (χ4v) is 1.35. The fraction of sp³-hybridized carbons (Fsp3) is 0.692. The molecule has 0 heterocycles. The monoisotopic (exact) mass is 195 g/mol. The zero-order valence-electron chi connectivity index (χ0n) is 10.4. The topological polar surface area (TPSA) is 12.0 Å². The molecule has 0 aromatic carbocycles. The molecular weight excluding hydrogens is 170 g/mol. The predicted molar refractivity (Wildman–Crippen MR) is 65.3 cm³/mol. The highest BCUT2D eigenvalue weighted by Crippen LogP contribution is 2.14. The molecule has 0 atom stereocenters. The van der Waals surface area contributed by atoms with Crippen molar-refractivity contribution in [1.82, 2.24) is 5.32 Å². The van der Waals surface area contributed by atoms with E-state index in [2.05, 4.69) is 52.1 Å². The van der Waals surface area contributed by atoms with E-state index in [1.165, 1.54) is 24.1 Å². The standard InChI is InChI=1S/C13H25N/c1-6-8-9-13(11(3)4)10-12(5)14-7-2/h9-11,14H,6-8H2,1-5H3/b12-10-,13-9+. The molecular formula is C13H25N. The van der Waals surface area contributed by atoms with E-state index in [1.807, 2.05) is 0 Å². The molecule has 0 aromatic rings. The second kappa shape index (κ2) is 7.66. The average molecular weight is 195 g/mol. The van der Waals surface area contributed by atoms with Gasteiger partial charge in [-0.05, 0) is 37.8 Å². The Kier molecular flexibility index (Phi) is 7.27. The number of unbranched alkanes of at least 4 members (excludes halogenated alkanes) is 1. The van der Waals surface area contributed by atoms with Gasteiger partial charge in [0.15, 0.2) is 0 Å². The first-order valence-corrected chi connectivity index (χ1v) is 5.74. The van der Waals surface area contributed by atoms with Gasteiger partial charge in [0.25, 0.3) is 0 Å². The van der Waals surface area contributed by atoms with Crippen LogP contribution in [0.25, 0.3) is 0 Å². The number of hydrogen-bond acceptors (Lipinski definition) is 1. The SMILES string of the molecule is CCC/C=C(\C=C(\C)NCC)C(C)C. The number of rotatable bonds is 6. The van der Waals surface area contributed by atoms with Gasteiger partial charge in [-0.15, -0.1) is 0 Å². The van der Waals surface area contributed by atoms with Gasteiger partial charge in [-0.3, -0.25) is 0 Å². The Morgan fingerprint density at radius 1 is 1.29 bits per heavy atom. The first-order valence-electron chi connectivity index (χ1n) is 5.74. The molecule has 0 aliphatic rings. The lowest BCUT2D eigenvalue weighted by Gasteiger charge is -2.09. The summed E-state index contributed by atoms with van der Waals surface area (Å²) < 4.78 is 0. The Balaban J connectivity index is 4.43. The van der Waals surface area contributed by atoms with Crippen molar-refractivity contribution in [2.45, 2.75) is 47.5 Å². The summed E-state index contributed by atoms with van der Waals surface area (Å²) in [4.78, 5) is 0. The van der Waals surface area contributed by atoms with Crippen molar-refractivity contribution in [2.75, 3.05) is 6.54 Å². The van der Waals surface area contributed by atoms with Gasteiger partial charge in [0.2, 0.25) is 0 Å². The molecule has 0 spiro atoms. The Morgan fingerprint density at radius 2 is 1.93 bits per heavy atom. The molecule has 1 nitrogen and oxygen atoms in total. The van der Waals surface area contributed by atoms with Crippen LogP contribution in [0.5, 0.6) is 0 Å². The molecule has 0 saturated heterocycles. The van der Waals surface area contributed by atoms with Gasteiger partial charge in [0.1, 0.15) is 0 Å². The van der Waals surface area contributed by atoms with E-state index in [-0.39, 0.29) is 0 Å². The molecule has 82 valence electrons. The summed E-state index contributed by atoms with van der Waals surface area (Å²) in [6.45, 7) is 12.0. The summed E-state index contributed by atoms with van der Waals surface area (Å²) in [5.74, 6) is 0.621. The smallest absolute Gasteiger partial charge is 0.0115 e. The van der Waals surface area contributed by atoms with Crippen LogP contribution in [0.1, 0.15) is 47.5 Å². The Labute approximate surface area is 89.3 Å². The van der Waals surface area contributed by atoms with Crippen LogP contribution < -0.4 is 5.32 Å². The third kappa shape index (κ3) is 5.85. The zero-order chi connectivity index (χ0) is 11.0. The molecule has 0 fully saturated rings. The van der Waals surface area contributed by atoms with Gasteiger partial charge in [-0.1, -0.05) is 33.3 Å². The van der Waals surface area contributed by atoms with Crippen LogP contribution in [0.2, 0.25) is 0 Å². The van der Waals surface area contributed by atoms with E-state index in [0.29, 0.717) is 5.92 Å². The molecule has 0 aliphatic carbocycles. The molecule has 0 rings (SSSR count). The van der Waals surface area contributed by atoms with Crippen LogP contribution in [-0.2, 0) is 0 Å². The lowest BCUT2D eigenvalue weighted by atomic mass is 10.0. The summed E-state index contributed by atoms with van der Waals surface area (Å²) in [5, 5.41) is 3.33. The van der Waals surface area contributed by atoms with Gasteiger partial charge in [0.05, 0.1) is 0 Å². The van der Waals surface area contributed by atoms with Gasteiger partial charge in [-0.25, -0.2) is 0 Å². The Bertz CT molecular complexity index is 199. The van der Waals surface area contributed by atoms with E-state index in [0.717, 1.165) is 6.54 Å². The lowest BCUT2D eigenvalue weighted by molar-refractivity contribution is 0.768. The van der Waals surface area contributed by atoms with Crippen molar-refractivity contribution in [3.63, 3.8) is 0 Å². The third-order valence-corrected chi connectivity index (χ3v) is 2.17. The minimum Gasteiger partial charge on any atom is -0.389 e. The van der Waals surface area contributed by atoms with Crippen molar-refractivity contribution in [1.29, 1.82) is 0 Å². The van der Waals surface area contributed by atoms with Crippen LogP contribution in [0.15, 0.2) is 23.4 Å². The molecule has 0 aliphatic heterocycles. The van der Waals surface area contributed by atoms with Crippen molar-refractivity contribution >= 4 is 0 Å². The maximum atomic E-state index is 3.33. The van der Waals surface area contributed by atoms with E-state index in [4.69, 9.17) is 0 Å². The summed E-state index contributed by atoms with van der Waals surface area (Å²) in [5.41, 5.74) is 2.72. The molecule has 0 unspecified atom stereocenters. The van der Waals surface area contributed by atoms with Crippen LogP contribution in [0.4, 0.5) is 0 Å². The van der Waals surface area contributed by atoms with E-state index in [1.54, 1.807) is 0 Å². The largest absolute Gasteiger partial charge is 0.389 e. The normalized spacial score (nSPS) is 13.6. The van der Waals surface area contributed by atoms with Gasteiger partial charge < -0.3 is 5.32 Å². The van der Waals surface area contributed by atoms with Crippen LogP contribution in [0.3, 0.4) is 0 Å². The average Bonchev–Trinajstić information content (AvgIpc) is 2.12. The first-order chi connectivity index (χ1) is 6.61. The van der Waals surface area contributed by atoms with Crippen LogP contribution in [0, 0.1) is 5.92 Å². The summed E-state index contributed by atoms with van der Waals surface area (Å²) in [7, 11) is 0. The van der Waals surface area contributed by atoms with Gasteiger partial charge in [0, 0.05) is 12.2 Å². The third-order valence-electron chi connectivity index (χ3n) is 2.17. The number of hydrogen-bond donors (Lipinski definition) is 1. The second-order valence-corrected chi connectivity index (χ2v) is 4.01. The molecule has 1 heteroatoms. The van der Waals surface area contributed by atoms with E-state index in [9.17, 15) is 0 Å². The second-order valence-electron chi connectivity index (χ2n) is 4.01. The first kappa shape index (κ1) is 13.3. The molecule has 0 aromatic heterocycles. The van der Waals surface area contributed by atoms with Crippen molar-refractivity contribution < 1.29 is 0 Å². The number of nitrogens with one attached hydrogen (secondary N) is 1. The zero-order valence-corrected chi connectivity index (χ0v) is 10.4. The molecule has 0 radical (unpaired) electrons. The Morgan fingerprint density at radius 3 is 2.36 bits per heavy atom. The fourth-order valence-electron chi connectivity index (χ4n) is 1.35. The van der Waals surface area contributed by atoms with Crippen molar-refractivity contribution in [3.8, 4) is 0 Å². The highest BCUT2D eigenvalue weighted by Gasteiger charge is 1.99. The minimum absolute atomic E-state index is 0.621. The molecule has 0 bridgehead atoms. The number of allylic oxidation sites excluding steroid dienone is 4. The highest BCUT2D eigenvalue weighted by molar-refractivity contribution is 5.23. The maximum Gasteiger partial charge on any atom is 0.0115 e. The predicted octanol–water partition coefficient (Wildman–Crippen LogP) is 3.88. The maximum absolute atomic E-state index is 3.33. The van der Waals surface area contributed by atoms with E-state index >= 15 is 0 Å².